The molecule has 2 aromatic carbocycles. The van der Waals surface area contributed by atoms with Crippen LogP contribution in [0, 0.1) is 0 Å². The van der Waals surface area contributed by atoms with Gasteiger partial charge in [-0.15, -0.1) is 23.5 Å². The quantitative estimate of drug-likeness (QED) is 0.0896. The number of carbonyl (C=O) groups excluding carboxylic acids is 6. The van der Waals surface area contributed by atoms with E-state index < -0.39 is 66.8 Å². The summed E-state index contributed by atoms with van der Waals surface area (Å²) in [6.07, 6.45) is 0. The molecule has 2 heterocycles. The number of rotatable bonds is 19. The van der Waals surface area contributed by atoms with Crippen molar-refractivity contribution in [3.8, 4) is 11.5 Å². The Morgan fingerprint density at radius 3 is 1.27 bits per heavy atom. The third-order valence-electron chi connectivity index (χ3n) is 8.68. The second kappa shape index (κ2) is 19.6. The van der Waals surface area contributed by atoms with E-state index in [-0.39, 0.29) is 39.4 Å². The molecule has 0 bridgehead atoms. The van der Waals surface area contributed by atoms with Gasteiger partial charge in [0.25, 0.3) is 23.6 Å². The molecule has 4 unspecified atom stereocenters. The van der Waals surface area contributed by atoms with Crippen molar-refractivity contribution >= 4 is 59.0 Å². The second-order valence-electron chi connectivity index (χ2n) is 14.4. The summed E-state index contributed by atoms with van der Waals surface area (Å²) in [7, 11) is 0. The minimum atomic E-state index is -1.63. The lowest BCUT2D eigenvalue weighted by Gasteiger charge is -2.36. The van der Waals surface area contributed by atoms with Crippen LogP contribution in [0.15, 0.2) is 60.7 Å². The highest BCUT2D eigenvalue weighted by Crippen LogP contribution is 2.44. The van der Waals surface area contributed by atoms with Crippen LogP contribution in [-0.4, -0.2) is 119 Å². The number of para-hydroxylation sites is 2. The second-order valence-corrected chi connectivity index (χ2v) is 18.3. The highest BCUT2D eigenvalue weighted by atomic mass is 32.2. The lowest BCUT2D eigenvalue weighted by molar-refractivity contribution is -0.135. The Kier molecular flexibility index (Phi) is 15.4. The van der Waals surface area contributed by atoms with E-state index >= 15 is 0 Å². The molecule has 0 aliphatic carbocycles. The van der Waals surface area contributed by atoms with Gasteiger partial charge in [0.2, 0.25) is 11.8 Å². The summed E-state index contributed by atoms with van der Waals surface area (Å²) in [5.74, 6) is -2.58. The summed E-state index contributed by atoms with van der Waals surface area (Å²) in [6, 6.07) is 14.8. The number of hydrogen-bond acceptors (Lipinski definition) is 12. The first-order valence-corrected chi connectivity index (χ1v) is 20.2. The maximum atomic E-state index is 14.2. The molecule has 0 saturated carbocycles. The molecular formula is C38H54N8O8S2. The zero-order chi connectivity index (χ0) is 41.0. The van der Waals surface area contributed by atoms with Crippen molar-refractivity contribution in [3.63, 3.8) is 0 Å². The Morgan fingerprint density at radius 2 is 0.964 bits per heavy atom. The van der Waals surface area contributed by atoms with Gasteiger partial charge in [-0.1, -0.05) is 36.4 Å². The van der Waals surface area contributed by atoms with Gasteiger partial charge in [0.15, 0.2) is 23.0 Å². The molecular weight excluding hydrogens is 761 g/mol. The van der Waals surface area contributed by atoms with Crippen molar-refractivity contribution in [1.82, 2.24) is 42.5 Å². The Labute approximate surface area is 336 Å². The fourth-order valence-electron chi connectivity index (χ4n) is 6.15. The molecule has 4 atom stereocenters. The van der Waals surface area contributed by atoms with E-state index in [1.807, 2.05) is 39.8 Å². The number of benzene rings is 2. The van der Waals surface area contributed by atoms with Crippen molar-refractivity contribution in [3.05, 3.63) is 60.7 Å². The molecule has 8 N–H and O–H groups in total. The smallest absolute Gasteiger partial charge is 0.258 e. The number of nitrogens with one attached hydrogen (secondary N) is 8. The predicted octanol–water partition coefficient (Wildman–Crippen LogP) is 0.241. The predicted molar refractivity (Wildman–Crippen MR) is 216 cm³/mol. The van der Waals surface area contributed by atoms with Gasteiger partial charge in [-0.05, 0) is 65.8 Å². The number of hydrogen-bond donors (Lipinski definition) is 8. The topological polar surface area (TPSA) is 217 Å². The minimum Gasteiger partial charge on any atom is -0.484 e. The van der Waals surface area contributed by atoms with E-state index in [0.717, 1.165) is 0 Å². The van der Waals surface area contributed by atoms with Gasteiger partial charge in [0.1, 0.15) is 23.6 Å². The largest absolute Gasteiger partial charge is 0.484 e. The first-order chi connectivity index (χ1) is 26.6. The van der Waals surface area contributed by atoms with Crippen LogP contribution >= 0.6 is 23.5 Å². The van der Waals surface area contributed by atoms with Crippen LogP contribution in [0.2, 0.25) is 0 Å². The van der Waals surface area contributed by atoms with Crippen molar-refractivity contribution in [2.75, 3.05) is 52.5 Å². The van der Waals surface area contributed by atoms with Gasteiger partial charge in [-0.3, -0.25) is 39.4 Å². The molecule has 2 saturated heterocycles. The summed E-state index contributed by atoms with van der Waals surface area (Å²) in [5.41, 5.74) is 0. The SMILES string of the molecule is CCNC(=O)C(NC(=O)COc1ccccc1)C1(C(=O)NCCNC(=O)C2(C(NC(=O)COc3ccccc3)C(=O)NCC)NCC(C)(C)S2)NCC(C)(C)S1. The van der Waals surface area contributed by atoms with Crippen LogP contribution in [0.25, 0.3) is 0 Å². The van der Waals surface area contributed by atoms with Gasteiger partial charge in [0.05, 0.1) is 0 Å². The molecule has 2 aromatic rings. The Balaban J connectivity index is 1.48. The zero-order valence-electron chi connectivity index (χ0n) is 32.7. The molecule has 6 amide bonds. The summed E-state index contributed by atoms with van der Waals surface area (Å²) >= 11 is 2.42. The third-order valence-corrected chi connectivity index (χ3v) is 11.8. The molecule has 0 spiro atoms. The van der Waals surface area contributed by atoms with E-state index in [4.69, 9.17) is 9.47 Å². The number of thioether (sulfide) groups is 2. The molecule has 2 aliphatic heterocycles. The monoisotopic (exact) mass is 814 g/mol. The van der Waals surface area contributed by atoms with Crippen LogP contribution in [0.5, 0.6) is 11.5 Å². The Hall–Kier alpha value is -4.52. The maximum absolute atomic E-state index is 14.2. The minimum absolute atomic E-state index is 0.0740. The summed E-state index contributed by atoms with van der Waals surface area (Å²) in [5, 5.41) is 23.0. The van der Waals surface area contributed by atoms with Crippen molar-refractivity contribution in [2.45, 2.75) is 72.9 Å². The Morgan fingerprint density at radius 1 is 0.607 bits per heavy atom. The van der Waals surface area contributed by atoms with Gasteiger partial charge in [-0.25, -0.2) is 0 Å². The molecule has 18 heteroatoms. The molecule has 4 rings (SSSR count). The average molecular weight is 815 g/mol. The van der Waals surface area contributed by atoms with Crippen molar-refractivity contribution in [1.29, 1.82) is 0 Å². The lowest BCUT2D eigenvalue weighted by Crippen LogP contribution is -2.70. The van der Waals surface area contributed by atoms with E-state index in [0.29, 0.717) is 24.6 Å². The van der Waals surface area contributed by atoms with Crippen LogP contribution in [0.3, 0.4) is 0 Å². The van der Waals surface area contributed by atoms with Crippen LogP contribution < -0.4 is 52.0 Å². The number of amides is 6. The molecule has 0 aromatic heterocycles. The molecule has 2 fully saturated rings. The van der Waals surface area contributed by atoms with Crippen molar-refractivity contribution in [2.24, 2.45) is 0 Å². The fourth-order valence-corrected chi connectivity index (χ4v) is 9.37. The molecule has 56 heavy (non-hydrogen) atoms. The van der Waals surface area contributed by atoms with Gasteiger partial charge < -0.3 is 41.4 Å². The summed E-state index contributed by atoms with van der Waals surface area (Å²) in [6.45, 7) is 11.4. The standard InChI is InChI=1S/C38H54N8O8S2/c1-7-39-31(49)29(45-27(47)21-53-25-15-11-9-12-16-25)37(43-23-35(3,4)55-37)33(51)41-19-20-42-34(52)38(44-24-36(5,6)56-38)30(32(50)40-8-2)46-28(48)22-54-26-17-13-10-14-18-26/h9-18,29-30,43-44H,7-8,19-24H2,1-6H3,(H,39,49)(H,40,50)(H,41,51)(H,42,52)(H,45,47)(H,46,48). The number of ether oxygens (including phenoxy) is 2. The number of likely N-dealkylation sites (N-methyl/N-ethyl adjacent to an activating group) is 2. The third kappa shape index (κ3) is 11.5. The highest BCUT2D eigenvalue weighted by Gasteiger charge is 2.59. The van der Waals surface area contributed by atoms with Crippen LogP contribution in [0.1, 0.15) is 41.5 Å². The van der Waals surface area contributed by atoms with E-state index in [1.54, 1.807) is 62.4 Å². The van der Waals surface area contributed by atoms with E-state index in [2.05, 4.69) is 42.5 Å². The molecule has 306 valence electrons. The van der Waals surface area contributed by atoms with E-state index in [9.17, 15) is 28.8 Å². The normalized spacial score (nSPS) is 21.8. The van der Waals surface area contributed by atoms with Crippen molar-refractivity contribution < 1.29 is 38.2 Å². The maximum Gasteiger partial charge on any atom is 0.258 e. The summed E-state index contributed by atoms with van der Waals surface area (Å²) < 4.78 is 10.2. The molecule has 2 aliphatic rings. The van der Waals surface area contributed by atoms with Gasteiger partial charge in [-0.2, -0.15) is 0 Å². The highest BCUT2D eigenvalue weighted by molar-refractivity contribution is 8.03. The Bertz CT molecular complexity index is 1580. The molecule has 0 radical (unpaired) electrons. The average Bonchev–Trinajstić information content (AvgIpc) is 3.69. The summed E-state index contributed by atoms with van der Waals surface area (Å²) in [4.78, 5) is 78.5. The van der Waals surface area contributed by atoms with Crippen LogP contribution in [-0.2, 0) is 28.8 Å². The molecule has 16 nitrogen and oxygen atoms in total. The van der Waals surface area contributed by atoms with Gasteiger partial charge >= 0.3 is 0 Å². The van der Waals surface area contributed by atoms with Gasteiger partial charge in [0, 0.05) is 48.8 Å². The first-order valence-electron chi connectivity index (χ1n) is 18.5. The van der Waals surface area contributed by atoms with Crippen LogP contribution in [0.4, 0.5) is 0 Å². The fraction of sp³-hybridized carbons (Fsp3) is 0.526. The van der Waals surface area contributed by atoms with E-state index in [1.165, 1.54) is 23.5 Å². The number of carbonyl (C=O) groups is 6. The lowest BCUT2D eigenvalue weighted by atomic mass is 10.0. The first kappa shape index (κ1) is 44.2. The zero-order valence-corrected chi connectivity index (χ0v) is 34.3.